The van der Waals surface area contributed by atoms with Crippen LogP contribution in [0.1, 0.15) is 31.4 Å². The molecule has 2 aromatic carbocycles. The van der Waals surface area contributed by atoms with Gasteiger partial charge in [-0.3, -0.25) is 4.79 Å². The van der Waals surface area contributed by atoms with Crippen LogP contribution in [0.4, 0.5) is 0 Å². The lowest BCUT2D eigenvalue weighted by atomic mass is 10.2. The Balaban J connectivity index is 1.65. The van der Waals surface area contributed by atoms with Gasteiger partial charge >= 0.3 is 0 Å². The summed E-state index contributed by atoms with van der Waals surface area (Å²) in [4.78, 5) is 12.2. The van der Waals surface area contributed by atoms with Crippen molar-refractivity contribution in [1.29, 1.82) is 0 Å². The highest BCUT2D eigenvalue weighted by Crippen LogP contribution is 2.45. The number of nitrogens with zero attached hydrogens (tertiary/aromatic N) is 1. The molecule has 1 N–H and O–H groups in total. The number of hydrogen-bond acceptors (Lipinski definition) is 6. The standard InChI is InChI=1S/C22H24Br2N2O3S2/c1-3-28-19-11-16(13-25-26-20(27)12-22(2)30-8-9-31-22)10-18(24)21(19)29-14-15-4-6-17(23)7-5-15/h4-7,10-11,13H,3,8-9,12,14H2,1-2H3,(H,26,27)/b25-13-. The number of hydrazone groups is 1. The van der Waals surface area contributed by atoms with Crippen LogP contribution in [-0.2, 0) is 11.4 Å². The Hall–Kier alpha value is -1.16. The van der Waals surface area contributed by atoms with Crippen molar-refractivity contribution in [2.24, 2.45) is 5.10 Å². The summed E-state index contributed by atoms with van der Waals surface area (Å²) in [7, 11) is 0. The molecule has 0 bridgehead atoms. The summed E-state index contributed by atoms with van der Waals surface area (Å²) < 4.78 is 13.5. The Morgan fingerprint density at radius 2 is 1.90 bits per heavy atom. The third-order valence-electron chi connectivity index (χ3n) is 4.41. The first-order valence-electron chi connectivity index (χ1n) is 9.82. The van der Waals surface area contributed by atoms with E-state index in [2.05, 4.69) is 49.3 Å². The summed E-state index contributed by atoms with van der Waals surface area (Å²) in [5.74, 6) is 3.34. The first kappa shape index (κ1) is 24.5. The quantitative estimate of drug-likeness (QED) is 0.278. The first-order chi connectivity index (χ1) is 14.9. The van der Waals surface area contributed by atoms with Crippen LogP contribution in [0.25, 0.3) is 0 Å². The molecular weight excluding hydrogens is 564 g/mol. The molecule has 1 heterocycles. The third kappa shape index (κ3) is 7.44. The average molecular weight is 588 g/mol. The molecule has 1 saturated heterocycles. The lowest BCUT2D eigenvalue weighted by Crippen LogP contribution is -2.26. The molecule has 0 aliphatic carbocycles. The van der Waals surface area contributed by atoms with E-state index in [1.165, 1.54) is 0 Å². The molecule has 31 heavy (non-hydrogen) atoms. The minimum absolute atomic E-state index is 0.0570. The van der Waals surface area contributed by atoms with Gasteiger partial charge in [0.25, 0.3) is 0 Å². The van der Waals surface area contributed by atoms with Crippen molar-refractivity contribution >= 4 is 67.5 Å². The number of ether oxygens (including phenoxy) is 2. The number of hydrogen-bond donors (Lipinski definition) is 1. The van der Waals surface area contributed by atoms with Gasteiger partial charge in [0.2, 0.25) is 5.91 Å². The number of thioether (sulfide) groups is 2. The van der Waals surface area contributed by atoms with E-state index in [-0.39, 0.29) is 9.99 Å². The molecule has 0 atom stereocenters. The maximum absolute atomic E-state index is 12.2. The van der Waals surface area contributed by atoms with Crippen molar-refractivity contribution in [3.8, 4) is 11.5 Å². The van der Waals surface area contributed by atoms with Crippen LogP contribution in [-0.4, -0.2) is 34.3 Å². The van der Waals surface area contributed by atoms with Crippen molar-refractivity contribution in [2.75, 3.05) is 18.1 Å². The SMILES string of the molecule is CCOc1cc(/C=N\NC(=O)CC2(C)SCCS2)cc(Br)c1OCc1ccc(Br)cc1. The maximum Gasteiger partial charge on any atom is 0.242 e. The third-order valence-corrected chi connectivity index (χ3v) is 8.82. The summed E-state index contributed by atoms with van der Waals surface area (Å²) in [6.07, 6.45) is 2.05. The monoisotopic (exact) mass is 586 g/mol. The molecule has 1 aliphatic heterocycles. The Bertz CT molecular complexity index is 933. The highest BCUT2D eigenvalue weighted by atomic mass is 79.9. The molecule has 0 radical (unpaired) electrons. The van der Waals surface area contributed by atoms with Gasteiger partial charge in [-0.15, -0.1) is 23.5 Å². The minimum Gasteiger partial charge on any atom is -0.490 e. The topological polar surface area (TPSA) is 59.9 Å². The fourth-order valence-electron chi connectivity index (χ4n) is 2.97. The second kappa shape index (κ2) is 11.6. The van der Waals surface area contributed by atoms with Gasteiger partial charge in [0.15, 0.2) is 11.5 Å². The molecule has 5 nitrogen and oxygen atoms in total. The minimum atomic E-state index is -0.0841. The van der Waals surface area contributed by atoms with Crippen LogP contribution >= 0.6 is 55.4 Å². The van der Waals surface area contributed by atoms with Gasteiger partial charge in [-0.1, -0.05) is 28.1 Å². The van der Waals surface area contributed by atoms with Gasteiger partial charge in [-0.05, 0) is 65.2 Å². The van der Waals surface area contributed by atoms with Gasteiger partial charge in [-0.2, -0.15) is 5.10 Å². The molecule has 9 heteroatoms. The Kier molecular flexibility index (Phi) is 9.18. The van der Waals surface area contributed by atoms with Crippen LogP contribution in [0.3, 0.4) is 0 Å². The van der Waals surface area contributed by atoms with Crippen LogP contribution in [0, 0.1) is 0 Å². The fourth-order valence-corrected chi connectivity index (χ4v) is 6.64. The van der Waals surface area contributed by atoms with E-state index < -0.39 is 0 Å². The number of halogens is 2. The summed E-state index contributed by atoms with van der Waals surface area (Å²) in [6, 6.07) is 11.7. The summed E-state index contributed by atoms with van der Waals surface area (Å²) in [6.45, 7) is 4.96. The summed E-state index contributed by atoms with van der Waals surface area (Å²) in [5.41, 5.74) is 4.48. The van der Waals surface area contributed by atoms with E-state index in [0.717, 1.165) is 31.6 Å². The highest BCUT2D eigenvalue weighted by Gasteiger charge is 2.32. The molecule has 0 saturated carbocycles. The Labute approximate surface area is 208 Å². The largest absolute Gasteiger partial charge is 0.490 e. The molecule has 2 aromatic rings. The number of amides is 1. The number of benzene rings is 2. The van der Waals surface area contributed by atoms with E-state index in [0.29, 0.717) is 31.1 Å². The predicted molar refractivity (Wildman–Crippen MR) is 137 cm³/mol. The Morgan fingerprint density at radius 1 is 1.19 bits per heavy atom. The molecule has 1 amide bonds. The zero-order chi connectivity index (χ0) is 22.3. The molecule has 0 unspecified atom stereocenters. The van der Waals surface area contributed by atoms with Crippen LogP contribution in [0.15, 0.2) is 50.4 Å². The highest BCUT2D eigenvalue weighted by molar-refractivity contribution is 9.10. The van der Waals surface area contributed by atoms with Gasteiger partial charge < -0.3 is 9.47 Å². The predicted octanol–water partition coefficient (Wildman–Crippen LogP) is 6.23. The molecule has 1 fully saturated rings. The van der Waals surface area contributed by atoms with E-state index >= 15 is 0 Å². The average Bonchev–Trinajstić information content (AvgIpc) is 3.14. The summed E-state index contributed by atoms with van der Waals surface area (Å²) in [5, 5.41) is 4.12. The lowest BCUT2D eigenvalue weighted by Gasteiger charge is -2.19. The van der Waals surface area contributed by atoms with Gasteiger partial charge in [0.05, 0.1) is 27.8 Å². The first-order valence-corrected chi connectivity index (χ1v) is 13.4. The van der Waals surface area contributed by atoms with Crippen molar-refractivity contribution in [2.45, 2.75) is 31.0 Å². The summed E-state index contributed by atoms with van der Waals surface area (Å²) >= 11 is 10.7. The van der Waals surface area contributed by atoms with Crippen LogP contribution in [0.5, 0.6) is 11.5 Å². The number of nitrogens with one attached hydrogen (secondary N) is 1. The molecule has 0 aromatic heterocycles. The zero-order valence-corrected chi connectivity index (χ0v) is 22.1. The second-order valence-corrected chi connectivity index (χ2v) is 12.2. The van der Waals surface area contributed by atoms with Crippen molar-refractivity contribution in [1.82, 2.24) is 5.43 Å². The smallest absolute Gasteiger partial charge is 0.242 e. The van der Waals surface area contributed by atoms with E-state index in [4.69, 9.17) is 9.47 Å². The zero-order valence-electron chi connectivity index (χ0n) is 17.3. The van der Waals surface area contributed by atoms with E-state index in [9.17, 15) is 4.79 Å². The number of rotatable bonds is 9. The normalized spacial score (nSPS) is 15.2. The Morgan fingerprint density at radius 3 is 2.58 bits per heavy atom. The molecule has 0 spiro atoms. The van der Waals surface area contributed by atoms with Gasteiger partial charge in [-0.25, -0.2) is 5.43 Å². The van der Waals surface area contributed by atoms with Crippen molar-refractivity contribution in [3.05, 3.63) is 56.5 Å². The van der Waals surface area contributed by atoms with E-state index in [1.807, 2.05) is 66.8 Å². The second-order valence-electron chi connectivity index (χ2n) is 6.98. The number of carbonyl (C=O) groups is 1. The van der Waals surface area contributed by atoms with Gasteiger partial charge in [0.1, 0.15) is 6.61 Å². The molecule has 166 valence electrons. The fraction of sp³-hybridized carbons (Fsp3) is 0.364. The van der Waals surface area contributed by atoms with E-state index in [1.54, 1.807) is 6.21 Å². The van der Waals surface area contributed by atoms with Crippen molar-refractivity contribution in [3.63, 3.8) is 0 Å². The maximum atomic E-state index is 12.2. The molecule has 3 rings (SSSR count). The molecular formula is C22H24Br2N2O3S2. The van der Waals surface area contributed by atoms with Crippen LogP contribution in [0.2, 0.25) is 0 Å². The van der Waals surface area contributed by atoms with Gasteiger partial charge in [0, 0.05) is 16.0 Å². The van der Waals surface area contributed by atoms with Crippen molar-refractivity contribution < 1.29 is 14.3 Å². The lowest BCUT2D eigenvalue weighted by molar-refractivity contribution is -0.121. The molecule has 1 aliphatic rings. The number of carbonyl (C=O) groups excluding carboxylic acids is 1. The van der Waals surface area contributed by atoms with Crippen LogP contribution < -0.4 is 14.9 Å².